The van der Waals surface area contributed by atoms with Gasteiger partial charge in [-0.15, -0.1) is 0 Å². The Hall–Kier alpha value is -1.84. The minimum atomic E-state index is -0.288. The molecule has 2 N–H and O–H groups in total. The molecule has 0 amide bonds. The van der Waals surface area contributed by atoms with Gasteiger partial charge in [-0.05, 0) is 31.5 Å². The summed E-state index contributed by atoms with van der Waals surface area (Å²) in [5.74, 6) is 0.604. The predicted molar refractivity (Wildman–Crippen MR) is 57.3 cm³/mol. The van der Waals surface area contributed by atoms with E-state index in [2.05, 4.69) is 10.1 Å². The maximum Gasteiger partial charge on any atom is 0.236 e. The quantitative estimate of drug-likeness (QED) is 0.758. The van der Waals surface area contributed by atoms with Gasteiger partial charge < -0.3 is 10.3 Å². The molecule has 1 heterocycles. The van der Waals surface area contributed by atoms with E-state index in [1.807, 2.05) is 38.1 Å². The van der Waals surface area contributed by atoms with Gasteiger partial charge in [-0.1, -0.05) is 17.3 Å². The molecular formula is C11H13N3O. The normalized spacial score (nSPS) is 11.6. The minimum Gasteiger partial charge on any atom is -0.399 e. The summed E-state index contributed by atoms with van der Waals surface area (Å²) in [6, 6.07) is 7.68. The summed E-state index contributed by atoms with van der Waals surface area (Å²) < 4.78 is 5.09. The Balaban J connectivity index is 2.41. The molecule has 0 aliphatic rings. The number of rotatable bonds is 2. The first kappa shape index (κ1) is 9.71. The van der Waals surface area contributed by atoms with E-state index in [1.165, 1.54) is 6.33 Å². The van der Waals surface area contributed by atoms with Crippen LogP contribution in [0, 0.1) is 0 Å². The van der Waals surface area contributed by atoms with E-state index in [0.717, 1.165) is 11.3 Å². The SMILES string of the molecule is CC(C)(c1ccc(N)cc1)c1ncno1. The van der Waals surface area contributed by atoms with E-state index >= 15 is 0 Å². The molecule has 0 unspecified atom stereocenters. The van der Waals surface area contributed by atoms with Gasteiger partial charge in [-0.2, -0.15) is 4.98 Å². The van der Waals surface area contributed by atoms with Crippen molar-refractivity contribution in [3.8, 4) is 0 Å². The number of nitrogen functional groups attached to an aromatic ring is 1. The Labute approximate surface area is 88.1 Å². The number of hydrogen-bond donors (Lipinski definition) is 1. The van der Waals surface area contributed by atoms with Gasteiger partial charge in [0.05, 0.1) is 5.41 Å². The molecule has 0 aliphatic heterocycles. The summed E-state index contributed by atoms with van der Waals surface area (Å²) in [7, 11) is 0. The second-order valence-corrected chi connectivity index (χ2v) is 3.99. The van der Waals surface area contributed by atoms with Gasteiger partial charge in [0, 0.05) is 5.69 Å². The van der Waals surface area contributed by atoms with Crippen LogP contribution in [0.15, 0.2) is 35.1 Å². The van der Waals surface area contributed by atoms with Crippen molar-refractivity contribution >= 4 is 5.69 Å². The summed E-state index contributed by atoms with van der Waals surface area (Å²) in [4.78, 5) is 4.08. The van der Waals surface area contributed by atoms with Crippen molar-refractivity contribution in [2.75, 3.05) is 5.73 Å². The molecule has 0 fully saturated rings. The Morgan fingerprint density at radius 2 is 1.87 bits per heavy atom. The van der Waals surface area contributed by atoms with Crippen LogP contribution >= 0.6 is 0 Å². The highest BCUT2D eigenvalue weighted by atomic mass is 16.5. The minimum absolute atomic E-state index is 0.288. The maximum atomic E-state index is 5.64. The van der Waals surface area contributed by atoms with Gasteiger partial charge in [0.1, 0.15) is 0 Å². The molecule has 0 radical (unpaired) electrons. The fourth-order valence-electron chi connectivity index (χ4n) is 1.47. The van der Waals surface area contributed by atoms with Gasteiger partial charge in [0.2, 0.25) is 5.89 Å². The van der Waals surface area contributed by atoms with E-state index in [0.29, 0.717) is 5.89 Å². The van der Waals surface area contributed by atoms with E-state index in [9.17, 15) is 0 Å². The van der Waals surface area contributed by atoms with E-state index in [4.69, 9.17) is 10.3 Å². The third kappa shape index (κ3) is 1.70. The first-order valence-electron chi connectivity index (χ1n) is 4.74. The molecular weight excluding hydrogens is 190 g/mol. The molecule has 4 heteroatoms. The third-order valence-corrected chi connectivity index (χ3v) is 2.53. The van der Waals surface area contributed by atoms with Crippen molar-refractivity contribution in [3.05, 3.63) is 42.0 Å². The average Bonchev–Trinajstić information content (AvgIpc) is 2.71. The third-order valence-electron chi connectivity index (χ3n) is 2.53. The molecule has 78 valence electrons. The highest BCUT2D eigenvalue weighted by Gasteiger charge is 2.28. The van der Waals surface area contributed by atoms with Crippen molar-refractivity contribution in [2.24, 2.45) is 0 Å². The number of aromatic nitrogens is 2. The van der Waals surface area contributed by atoms with E-state index < -0.39 is 0 Å². The van der Waals surface area contributed by atoms with Crippen LogP contribution in [0.5, 0.6) is 0 Å². The smallest absolute Gasteiger partial charge is 0.236 e. The fraction of sp³-hybridized carbons (Fsp3) is 0.273. The average molecular weight is 203 g/mol. The molecule has 15 heavy (non-hydrogen) atoms. The largest absolute Gasteiger partial charge is 0.399 e. The van der Waals surface area contributed by atoms with Crippen LogP contribution in [0.25, 0.3) is 0 Å². The number of benzene rings is 1. The zero-order valence-corrected chi connectivity index (χ0v) is 8.77. The lowest BCUT2D eigenvalue weighted by Crippen LogP contribution is -2.19. The molecule has 0 saturated heterocycles. The van der Waals surface area contributed by atoms with E-state index in [-0.39, 0.29) is 5.41 Å². The second-order valence-electron chi connectivity index (χ2n) is 3.99. The molecule has 0 atom stereocenters. The van der Waals surface area contributed by atoms with Crippen molar-refractivity contribution in [1.82, 2.24) is 10.1 Å². The summed E-state index contributed by atoms with van der Waals surface area (Å²) in [5.41, 5.74) is 7.20. The van der Waals surface area contributed by atoms with Crippen LogP contribution < -0.4 is 5.73 Å². The van der Waals surface area contributed by atoms with Crippen molar-refractivity contribution < 1.29 is 4.52 Å². The zero-order chi connectivity index (χ0) is 10.9. The maximum absolute atomic E-state index is 5.64. The van der Waals surface area contributed by atoms with E-state index in [1.54, 1.807) is 0 Å². The molecule has 2 rings (SSSR count). The molecule has 1 aromatic heterocycles. The molecule has 2 aromatic rings. The summed E-state index contributed by atoms with van der Waals surface area (Å²) in [6.45, 7) is 4.07. The van der Waals surface area contributed by atoms with Gasteiger partial charge in [-0.25, -0.2) is 0 Å². The number of anilines is 1. The Bertz CT molecular complexity index is 431. The lowest BCUT2D eigenvalue weighted by Gasteiger charge is -2.20. The van der Waals surface area contributed by atoms with Crippen molar-refractivity contribution in [1.29, 1.82) is 0 Å². The summed E-state index contributed by atoms with van der Waals surface area (Å²) >= 11 is 0. The fourth-order valence-corrected chi connectivity index (χ4v) is 1.47. The van der Waals surface area contributed by atoms with Gasteiger partial charge in [-0.3, -0.25) is 0 Å². The van der Waals surface area contributed by atoms with Crippen LogP contribution in [0.4, 0.5) is 5.69 Å². The Morgan fingerprint density at radius 3 is 2.40 bits per heavy atom. The van der Waals surface area contributed by atoms with Crippen molar-refractivity contribution in [2.45, 2.75) is 19.3 Å². The van der Waals surface area contributed by atoms with Crippen LogP contribution in [-0.4, -0.2) is 10.1 Å². The first-order chi connectivity index (χ1) is 7.10. The second kappa shape index (κ2) is 3.38. The van der Waals surface area contributed by atoms with Crippen LogP contribution in [-0.2, 0) is 5.41 Å². The van der Waals surface area contributed by atoms with Crippen LogP contribution in [0.2, 0.25) is 0 Å². The van der Waals surface area contributed by atoms with Gasteiger partial charge in [0.25, 0.3) is 0 Å². The molecule has 0 saturated carbocycles. The van der Waals surface area contributed by atoms with Crippen molar-refractivity contribution in [3.63, 3.8) is 0 Å². The molecule has 0 aliphatic carbocycles. The lowest BCUT2D eigenvalue weighted by atomic mass is 9.84. The highest BCUT2D eigenvalue weighted by molar-refractivity contribution is 5.42. The summed E-state index contributed by atoms with van der Waals surface area (Å²) in [6.07, 6.45) is 1.41. The highest BCUT2D eigenvalue weighted by Crippen LogP contribution is 2.29. The van der Waals surface area contributed by atoms with Gasteiger partial charge >= 0.3 is 0 Å². The number of hydrogen-bond acceptors (Lipinski definition) is 4. The molecule has 4 nitrogen and oxygen atoms in total. The topological polar surface area (TPSA) is 64.9 Å². The predicted octanol–water partition coefficient (Wildman–Crippen LogP) is 1.98. The molecule has 0 spiro atoms. The first-order valence-corrected chi connectivity index (χ1v) is 4.74. The summed E-state index contributed by atoms with van der Waals surface area (Å²) in [5, 5.41) is 3.62. The Morgan fingerprint density at radius 1 is 1.20 bits per heavy atom. The Kier molecular flexibility index (Phi) is 2.19. The molecule has 0 bridgehead atoms. The standard InChI is InChI=1S/C11H13N3O/c1-11(2,10-13-7-14-15-10)8-3-5-9(12)6-4-8/h3-7H,12H2,1-2H3. The number of nitrogens with zero attached hydrogens (tertiary/aromatic N) is 2. The molecule has 1 aromatic carbocycles. The van der Waals surface area contributed by atoms with Gasteiger partial charge in [0.15, 0.2) is 6.33 Å². The zero-order valence-electron chi connectivity index (χ0n) is 8.77. The van der Waals surface area contributed by atoms with Crippen LogP contribution in [0.3, 0.4) is 0 Å². The number of nitrogens with two attached hydrogens (primary N) is 1. The monoisotopic (exact) mass is 203 g/mol. The lowest BCUT2D eigenvalue weighted by molar-refractivity contribution is 0.332. The van der Waals surface area contributed by atoms with Crippen LogP contribution in [0.1, 0.15) is 25.3 Å².